The Balaban J connectivity index is 2.79. The van der Waals surface area contributed by atoms with Crippen molar-refractivity contribution in [1.82, 2.24) is 9.88 Å². The minimum Gasteiger partial charge on any atom is -0.394 e. The Labute approximate surface area is 98.2 Å². The highest BCUT2D eigenvalue weighted by Gasteiger charge is 2.22. The zero-order valence-corrected chi connectivity index (χ0v) is 9.78. The summed E-state index contributed by atoms with van der Waals surface area (Å²) in [5, 5.41) is 11.6. The maximum Gasteiger partial charge on any atom is 0.268 e. The number of nitrogens with zero attached hydrogens (tertiary/aromatic N) is 1. The summed E-state index contributed by atoms with van der Waals surface area (Å²) in [7, 11) is 0. The van der Waals surface area contributed by atoms with Gasteiger partial charge in [-0.05, 0) is 26.0 Å². The molecule has 0 aliphatic carbocycles. The molecule has 0 saturated heterocycles. The number of carbonyl (C=O) groups excluding carboxylic acids is 1. The van der Waals surface area contributed by atoms with Gasteiger partial charge in [-0.2, -0.15) is 0 Å². The second-order valence-electron chi connectivity index (χ2n) is 4.43. The molecule has 0 atom stereocenters. The average molecular weight is 246 g/mol. The summed E-state index contributed by atoms with van der Waals surface area (Å²) in [4.78, 5) is 11.8. The third kappa shape index (κ3) is 3.81. The highest BCUT2D eigenvalue weighted by Crippen LogP contribution is 2.09. The number of hydrogen-bond donors (Lipinski definition) is 2. The molecular weight excluding hydrogens is 230 g/mol. The lowest BCUT2D eigenvalue weighted by Crippen LogP contribution is -2.46. The van der Waals surface area contributed by atoms with Crippen LogP contribution in [0.5, 0.6) is 0 Å². The molecule has 0 radical (unpaired) electrons. The summed E-state index contributed by atoms with van der Waals surface area (Å²) in [6, 6.07) is 2.99. The number of rotatable bonds is 5. The number of aliphatic hydroxyl groups excluding tert-OH is 1. The largest absolute Gasteiger partial charge is 0.394 e. The van der Waals surface area contributed by atoms with Crippen molar-refractivity contribution in [1.29, 1.82) is 0 Å². The van der Waals surface area contributed by atoms with E-state index in [0.29, 0.717) is 0 Å². The van der Waals surface area contributed by atoms with Crippen LogP contribution in [0.4, 0.5) is 8.78 Å². The fourth-order valence-electron chi connectivity index (χ4n) is 1.34. The molecule has 1 heterocycles. The quantitative estimate of drug-likeness (QED) is 0.821. The topological polar surface area (TPSA) is 54.3 Å². The van der Waals surface area contributed by atoms with Crippen molar-refractivity contribution in [2.24, 2.45) is 0 Å². The van der Waals surface area contributed by atoms with E-state index in [1.54, 1.807) is 13.8 Å². The van der Waals surface area contributed by atoms with Gasteiger partial charge in [-0.1, -0.05) is 0 Å². The molecular formula is C11H16F2N2O2. The average Bonchev–Trinajstić information content (AvgIpc) is 2.64. The maximum absolute atomic E-state index is 12.3. The van der Waals surface area contributed by atoms with E-state index in [-0.39, 0.29) is 12.3 Å². The lowest BCUT2D eigenvalue weighted by molar-refractivity contribution is 0.0849. The van der Waals surface area contributed by atoms with Gasteiger partial charge in [0.15, 0.2) is 0 Å². The van der Waals surface area contributed by atoms with Crippen LogP contribution < -0.4 is 5.32 Å². The van der Waals surface area contributed by atoms with Crippen LogP contribution in [0.25, 0.3) is 0 Å². The van der Waals surface area contributed by atoms with Gasteiger partial charge in [-0.3, -0.25) is 4.79 Å². The van der Waals surface area contributed by atoms with E-state index in [9.17, 15) is 13.6 Å². The maximum atomic E-state index is 12.3. The molecule has 0 aliphatic rings. The van der Waals surface area contributed by atoms with Gasteiger partial charge in [0.1, 0.15) is 5.69 Å². The molecule has 4 nitrogen and oxygen atoms in total. The number of nitrogens with one attached hydrogen (secondary N) is 1. The number of alkyl halides is 2. The standard InChI is InChI=1S/C11H16F2N2O2/c1-11(2,7-16)14-10(17)8-4-3-5-15(8)6-9(12)13/h3-5,9,16H,6-7H2,1-2H3,(H,14,17). The van der Waals surface area contributed by atoms with Crippen LogP contribution in [0.2, 0.25) is 0 Å². The molecule has 1 amide bonds. The zero-order chi connectivity index (χ0) is 13.1. The van der Waals surface area contributed by atoms with Gasteiger partial charge in [0.2, 0.25) is 0 Å². The van der Waals surface area contributed by atoms with Gasteiger partial charge in [-0.25, -0.2) is 8.78 Å². The molecule has 0 saturated carbocycles. The van der Waals surface area contributed by atoms with Crippen LogP contribution in [0.3, 0.4) is 0 Å². The van der Waals surface area contributed by atoms with Crippen molar-refractivity contribution >= 4 is 5.91 Å². The fraction of sp³-hybridized carbons (Fsp3) is 0.545. The number of amides is 1. The molecule has 0 aliphatic heterocycles. The predicted molar refractivity (Wildman–Crippen MR) is 59.1 cm³/mol. The van der Waals surface area contributed by atoms with Crippen molar-refractivity contribution in [2.75, 3.05) is 6.61 Å². The molecule has 17 heavy (non-hydrogen) atoms. The highest BCUT2D eigenvalue weighted by atomic mass is 19.3. The minimum absolute atomic E-state index is 0.159. The summed E-state index contributed by atoms with van der Waals surface area (Å²) >= 11 is 0. The molecule has 2 N–H and O–H groups in total. The lowest BCUT2D eigenvalue weighted by Gasteiger charge is -2.23. The van der Waals surface area contributed by atoms with E-state index in [2.05, 4.69) is 5.32 Å². The van der Waals surface area contributed by atoms with Crippen LogP contribution in [-0.2, 0) is 6.54 Å². The Kier molecular flexibility index (Phi) is 4.22. The molecule has 1 aromatic heterocycles. The summed E-state index contributed by atoms with van der Waals surface area (Å²) in [5.74, 6) is -0.477. The van der Waals surface area contributed by atoms with Crippen molar-refractivity contribution in [3.05, 3.63) is 24.0 Å². The minimum atomic E-state index is -2.51. The summed E-state index contributed by atoms with van der Waals surface area (Å²) < 4.78 is 25.7. The first-order valence-corrected chi connectivity index (χ1v) is 5.22. The molecule has 96 valence electrons. The Morgan fingerprint density at radius 2 is 2.24 bits per heavy atom. The Bertz CT molecular complexity index is 389. The number of halogens is 2. The van der Waals surface area contributed by atoms with E-state index < -0.39 is 24.4 Å². The van der Waals surface area contributed by atoms with Gasteiger partial charge in [0.25, 0.3) is 12.3 Å². The van der Waals surface area contributed by atoms with Crippen LogP contribution in [0.1, 0.15) is 24.3 Å². The zero-order valence-electron chi connectivity index (χ0n) is 9.78. The van der Waals surface area contributed by atoms with Crippen LogP contribution in [-0.4, -0.2) is 34.2 Å². The van der Waals surface area contributed by atoms with Gasteiger partial charge >= 0.3 is 0 Å². The molecule has 0 fully saturated rings. The molecule has 0 unspecified atom stereocenters. The Hall–Kier alpha value is -1.43. The molecule has 6 heteroatoms. The third-order valence-corrected chi connectivity index (χ3v) is 2.24. The predicted octanol–water partition coefficient (Wildman–Crippen LogP) is 1.25. The van der Waals surface area contributed by atoms with E-state index in [1.165, 1.54) is 22.9 Å². The molecule has 1 aromatic rings. The van der Waals surface area contributed by atoms with Crippen molar-refractivity contribution < 1.29 is 18.7 Å². The van der Waals surface area contributed by atoms with E-state index >= 15 is 0 Å². The first-order chi connectivity index (χ1) is 7.85. The van der Waals surface area contributed by atoms with E-state index in [0.717, 1.165) is 0 Å². The summed E-state index contributed by atoms with van der Waals surface area (Å²) in [6.45, 7) is 2.54. The van der Waals surface area contributed by atoms with Gasteiger partial charge < -0.3 is 15.0 Å². The highest BCUT2D eigenvalue weighted by molar-refractivity contribution is 5.93. The SMILES string of the molecule is CC(C)(CO)NC(=O)c1cccn1CC(F)F. The smallest absolute Gasteiger partial charge is 0.268 e. The lowest BCUT2D eigenvalue weighted by atomic mass is 10.1. The fourth-order valence-corrected chi connectivity index (χ4v) is 1.34. The Morgan fingerprint density at radius 1 is 1.59 bits per heavy atom. The second-order valence-corrected chi connectivity index (χ2v) is 4.43. The second kappa shape index (κ2) is 5.27. The third-order valence-electron chi connectivity index (χ3n) is 2.24. The number of carbonyl (C=O) groups is 1. The van der Waals surface area contributed by atoms with E-state index in [4.69, 9.17) is 5.11 Å². The van der Waals surface area contributed by atoms with Crippen molar-refractivity contribution in [2.45, 2.75) is 32.4 Å². The number of aromatic nitrogens is 1. The number of hydrogen-bond acceptors (Lipinski definition) is 2. The monoisotopic (exact) mass is 246 g/mol. The van der Waals surface area contributed by atoms with Gasteiger partial charge in [0, 0.05) is 6.20 Å². The number of aliphatic hydroxyl groups is 1. The van der Waals surface area contributed by atoms with E-state index in [1.807, 2.05) is 0 Å². The molecule has 0 aromatic carbocycles. The molecule has 0 spiro atoms. The summed E-state index contributed by atoms with van der Waals surface area (Å²) in [5.41, 5.74) is -0.622. The Morgan fingerprint density at radius 3 is 2.76 bits per heavy atom. The van der Waals surface area contributed by atoms with Crippen LogP contribution in [0, 0.1) is 0 Å². The van der Waals surface area contributed by atoms with Gasteiger partial charge in [0.05, 0.1) is 18.7 Å². The van der Waals surface area contributed by atoms with Crippen molar-refractivity contribution in [3.8, 4) is 0 Å². The first-order valence-electron chi connectivity index (χ1n) is 5.22. The molecule has 1 rings (SSSR count). The first kappa shape index (κ1) is 13.6. The van der Waals surface area contributed by atoms with Crippen LogP contribution >= 0.6 is 0 Å². The van der Waals surface area contributed by atoms with Crippen molar-refractivity contribution in [3.63, 3.8) is 0 Å². The molecule has 0 bridgehead atoms. The summed E-state index contributed by atoms with van der Waals surface area (Å²) in [6.07, 6.45) is -1.09. The van der Waals surface area contributed by atoms with Crippen LogP contribution in [0.15, 0.2) is 18.3 Å². The van der Waals surface area contributed by atoms with Gasteiger partial charge in [-0.15, -0.1) is 0 Å². The normalized spacial score (nSPS) is 11.9.